The Morgan fingerprint density at radius 1 is 0.900 bits per heavy atom. The average Bonchev–Trinajstić information content (AvgIpc) is 2.75. The van der Waals surface area contributed by atoms with Crippen LogP contribution in [0.1, 0.15) is 29.8 Å². The number of benzene rings is 2. The quantitative estimate of drug-likeness (QED) is 0.592. The van der Waals surface area contributed by atoms with E-state index in [0.29, 0.717) is 29.9 Å². The Morgan fingerprint density at radius 3 is 2.13 bits per heavy atom. The highest BCUT2D eigenvalue weighted by Crippen LogP contribution is 2.13. The van der Waals surface area contributed by atoms with Gasteiger partial charge in [-0.15, -0.1) is 0 Å². The van der Waals surface area contributed by atoms with Gasteiger partial charge in [0.1, 0.15) is 0 Å². The summed E-state index contributed by atoms with van der Waals surface area (Å²) in [5, 5.41) is 2.73. The molecule has 0 unspecified atom stereocenters. The molecule has 30 heavy (non-hydrogen) atoms. The summed E-state index contributed by atoms with van der Waals surface area (Å²) in [7, 11) is 0. The second-order valence-corrected chi connectivity index (χ2v) is 7.50. The molecule has 1 fully saturated rings. The molecule has 0 atom stereocenters. The summed E-state index contributed by atoms with van der Waals surface area (Å²) in [6.45, 7) is 6.94. The molecule has 0 bridgehead atoms. The summed E-state index contributed by atoms with van der Waals surface area (Å²) < 4.78 is 0. The first-order valence-corrected chi connectivity index (χ1v) is 10.1. The van der Waals surface area contributed by atoms with Crippen LogP contribution in [0.4, 0.5) is 5.69 Å². The van der Waals surface area contributed by atoms with Gasteiger partial charge < -0.3 is 10.2 Å². The second kappa shape index (κ2) is 9.98. The van der Waals surface area contributed by atoms with Crippen molar-refractivity contribution in [1.29, 1.82) is 0 Å². The van der Waals surface area contributed by atoms with Crippen molar-refractivity contribution >= 4 is 23.3 Å². The van der Waals surface area contributed by atoms with Gasteiger partial charge in [0, 0.05) is 55.6 Å². The van der Waals surface area contributed by atoms with E-state index < -0.39 is 0 Å². The van der Waals surface area contributed by atoms with Crippen LogP contribution in [-0.2, 0) is 16.1 Å². The van der Waals surface area contributed by atoms with E-state index in [0.717, 1.165) is 19.6 Å². The molecule has 1 heterocycles. The van der Waals surface area contributed by atoms with Crippen LogP contribution in [0.5, 0.6) is 0 Å². The summed E-state index contributed by atoms with van der Waals surface area (Å²) in [6.07, 6.45) is 1.33. The third kappa shape index (κ3) is 5.87. The second-order valence-electron chi connectivity index (χ2n) is 7.50. The molecule has 0 radical (unpaired) electrons. The Bertz CT molecular complexity index is 928. The standard InChI is InChI=1S/C24H27N3O3/c1-18(16-23(29)25-22-10-8-21(9-11-22)19(2)28)24(30)27-14-12-26(13-15-27)17-20-6-4-3-5-7-20/h3-11,16H,12-15,17H2,1-2H3,(H,25,29)/b18-16+. The maximum Gasteiger partial charge on any atom is 0.249 e. The molecule has 3 rings (SSSR count). The molecule has 156 valence electrons. The van der Waals surface area contributed by atoms with Crippen molar-refractivity contribution in [1.82, 2.24) is 9.80 Å². The number of carbonyl (C=O) groups excluding carboxylic acids is 3. The van der Waals surface area contributed by atoms with Gasteiger partial charge in [-0.25, -0.2) is 0 Å². The summed E-state index contributed by atoms with van der Waals surface area (Å²) >= 11 is 0. The molecule has 0 aliphatic carbocycles. The number of amides is 2. The molecule has 6 heteroatoms. The van der Waals surface area contributed by atoms with Crippen molar-refractivity contribution in [2.45, 2.75) is 20.4 Å². The molecule has 2 aromatic carbocycles. The third-order valence-electron chi connectivity index (χ3n) is 5.15. The Morgan fingerprint density at radius 2 is 1.53 bits per heavy atom. The minimum atomic E-state index is -0.362. The van der Waals surface area contributed by atoms with E-state index in [2.05, 4.69) is 22.3 Å². The van der Waals surface area contributed by atoms with Crippen molar-refractivity contribution in [3.8, 4) is 0 Å². The van der Waals surface area contributed by atoms with E-state index in [9.17, 15) is 14.4 Å². The van der Waals surface area contributed by atoms with E-state index >= 15 is 0 Å². The number of rotatable bonds is 6. The molecule has 0 spiro atoms. The number of hydrogen-bond donors (Lipinski definition) is 1. The number of ketones is 1. The van der Waals surface area contributed by atoms with Gasteiger partial charge in [-0.3, -0.25) is 19.3 Å². The van der Waals surface area contributed by atoms with E-state index in [4.69, 9.17) is 0 Å². The molecule has 0 aromatic heterocycles. The van der Waals surface area contributed by atoms with Crippen molar-refractivity contribution < 1.29 is 14.4 Å². The van der Waals surface area contributed by atoms with E-state index in [1.165, 1.54) is 18.6 Å². The smallest absolute Gasteiger partial charge is 0.249 e. The molecule has 1 N–H and O–H groups in total. The van der Waals surface area contributed by atoms with Gasteiger partial charge >= 0.3 is 0 Å². The van der Waals surface area contributed by atoms with Crippen molar-refractivity contribution in [2.75, 3.05) is 31.5 Å². The van der Waals surface area contributed by atoms with E-state index in [1.54, 1.807) is 36.1 Å². The van der Waals surface area contributed by atoms with Crippen LogP contribution in [0.2, 0.25) is 0 Å². The topological polar surface area (TPSA) is 69.7 Å². The monoisotopic (exact) mass is 405 g/mol. The lowest BCUT2D eigenvalue weighted by Gasteiger charge is -2.35. The van der Waals surface area contributed by atoms with Gasteiger partial charge in [-0.05, 0) is 43.7 Å². The number of Topliss-reactive ketones (excluding diaryl/α,β-unsaturated/α-hetero) is 1. The van der Waals surface area contributed by atoms with Crippen molar-refractivity contribution in [3.05, 3.63) is 77.4 Å². The highest BCUT2D eigenvalue weighted by atomic mass is 16.2. The highest BCUT2D eigenvalue weighted by molar-refractivity contribution is 6.06. The third-order valence-corrected chi connectivity index (χ3v) is 5.15. The Balaban J connectivity index is 1.50. The lowest BCUT2D eigenvalue weighted by molar-refractivity contribution is -0.129. The summed E-state index contributed by atoms with van der Waals surface area (Å²) in [4.78, 5) is 40.4. The number of nitrogens with one attached hydrogen (secondary N) is 1. The lowest BCUT2D eigenvalue weighted by Crippen LogP contribution is -2.48. The molecule has 1 aliphatic heterocycles. The molecular weight excluding hydrogens is 378 g/mol. The van der Waals surface area contributed by atoms with Gasteiger partial charge in [0.2, 0.25) is 11.8 Å². The van der Waals surface area contributed by atoms with E-state index in [1.807, 2.05) is 18.2 Å². The van der Waals surface area contributed by atoms with Crippen LogP contribution in [-0.4, -0.2) is 53.6 Å². The number of anilines is 1. The first-order chi connectivity index (χ1) is 14.4. The lowest BCUT2D eigenvalue weighted by atomic mass is 10.1. The zero-order chi connectivity index (χ0) is 21.5. The first-order valence-electron chi connectivity index (χ1n) is 10.1. The van der Waals surface area contributed by atoms with Gasteiger partial charge in [0.05, 0.1) is 0 Å². The average molecular weight is 405 g/mol. The molecule has 1 aliphatic rings. The largest absolute Gasteiger partial charge is 0.336 e. The van der Waals surface area contributed by atoms with E-state index in [-0.39, 0.29) is 17.6 Å². The number of nitrogens with zero attached hydrogens (tertiary/aromatic N) is 2. The molecule has 2 amide bonds. The maximum absolute atomic E-state index is 12.7. The fraction of sp³-hybridized carbons (Fsp3) is 0.292. The molecule has 0 saturated carbocycles. The van der Waals surface area contributed by atoms with Crippen molar-refractivity contribution in [3.63, 3.8) is 0 Å². The molecule has 2 aromatic rings. The maximum atomic E-state index is 12.7. The summed E-state index contributed by atoms with van der Waals surface area (Å²) in [6, 6.07) is 17.0. The van der Waals surface area contributed by atoms with Gasteiger partial charge in [-0.2, -0.15) is 0 Å². The van der Waals surface area contributed by atoms with Gasteiger partial charge in [0.15, 0.2) is 5.78 Å². The Kier molecular flexibility index (Phi) is 7.14. The van der Waals surface area contributed by atoms with Crippen LogP contribution in [0, 0.1) is 0 Å². The summed E-state index contributed by atoms with van der Waals surface area (Å²) in [5.41, 5.74) is 2.84. The minimum Gasteiger partial charge on any atom is -0.336 e. The molecular formula is C24H27N3O3. The van der Waals surface area contributed by atoms with Crippen LogP contribution < -0.4 is 5.32 Å². The van der Waals surface area contributed by atoms with Crippen molar-refractivity contribution in [2.24, 2.45) is 0 Å². The Labute approximate surface area is 177 Å². The summed E-state index contributed by atoms with van der Waals surface area (Å²) in [5.74, 6) is -0.506. The normalized spacial score (nSPS) is 15.0. The zero-order valence-electron chi connectivity index (χ0n) is 17.4. The van der Waals surface area contributed by atoms with Crippen LogP contribution >= 0.6 is 0 Å². The van der Waals surface area contributed by atoms with Gasteiger partial charge in [0.25, 0.3) is 0 Å². The highest BCUT2D eigenvalue weighted by Gasteiger charge is 2.22. The zero-order valence-corrected chi connectivity index (χ0v) is 17.4. The predicted octanol–water partition coefficient (Wildman–Crippen LogP) is 3.12. The minimum absolute atomic E-state index is 0.0296. The van der Waals surface area contributed by atoms with Crippen LogP contribution in [0.25, 0.3) is 0 Å². The fourth-order valence-corrected chi connectivity index (χ4v) is 3.43. The number of carbonyl (C=O) groups is 3. The molecule has 1 saturated heterocycles. The van der Waals surface area contributed by atoms with Crippen LogP contribution in [0.3, 0.4) is 0 Å². The molecule has 6 nitrogen and oxygen atoms in total. The van der Waals surface area contributed by atoms with Gasteiger partial charge in [-0.1, -0.05) is 30.3 Å². The first kappa shape index (κ1) is 21.5. The van der Waals surface area contributed by atoms with Crippen LogP contribution in [0.15, 0.2) is 66.2 Å². The Hall–Kier alpha value is -3.25. The predicted molar refractivity (Wildman–Crippen MR) is 117 cm³/mol. The number of piperazine rings is 1. The fourth-order valence-electron chi connectivity index (χ4n) is 3.43. The number of hydrogen-bond acceptors (Lipinski definition) is 4. The SMILES string of the molecule is CC(=O)c1ccc(NC(=O)/C=C(\C)C(=O)N2CCN(Cc3ccccc3)CC2)cc1.